The molecule has 23 heavy (non-hydrogen) atoms. The lowest BCUT2D eigenvalue weighted by molar-refractivity contribution is -0.139. The van der Waals surface area contributed by atoms with E-state index in [1.165, 1.54) is 5.56 Å². The standard InChI is InChI=1S/C17H12ClNO3S/c18-9-1-4-14-12(5-9)13-8-23-15-6-10(22-7-16(20)21)2-3-11(15)17(13)19-14/h1-6,19H,7-8H2,(H,20,21). The Balaban J connectivity index is 1.78. The van der Waals surface area contributed by atoms with Crippen LogP contribution in [0.25, 0.3) is 22.2 Å². The van der Waals surface area contributed by atoms with Crippen molar-refractivity contribution < 1.29 is 14.6 Å². The Labute approximate surface area is 141 Å². The van der Waals surface area contributed by atoms with Gasteiger partial charge in [-0.15, -0.1) is 11.8 Å². The average Bonchev–Trinajstić information content (AvgIpc) is 2.90. The SMILES string of the molecule is O=C(O)COc1ccc2c(c1)SCc1c-2[nH]c2ccc(Cl)cc12. The van der Waals surface area contributed by atoms with Crippen LogP contribution < -0.4 is 4.74 Å². The highest BCUT2D eigenvalue weighted by atomic mass is 35.5. The Kier molecular flexibility index (Phi) is 3.47. The van der Waals surface area contributed by atoms with E-state index in [1.807, 2.05) is 30.3 Å². The van der Waals surface area contributed by atoms with E-state index in [2.05, 4.69) is 4.98 Å². The maximum atomic E-state index is 10.6. The molecule has 0 saturated carbocycles. The number of H-pyrrole nitrogens is 1. The van der Waals surface area contributed by atoms with Crippen molar-refractivity contribution in [2.45, 2.75) is 10.6 Å². The molecule has 116 valence electrons. The molecule has 4 rings (SSSR count). The van der Waals surface area contributed by atoms with E-state index in [1.54, 1.807) is 17.8 Å². The Morgan fingerprint density at radius 1 is 1.30 bits per heavy atom. The fourth-order valence-electron chi connectivity index (χ4n) is 2.81. The van der Waals surface area contributed by atoms with E-state index >= 15 is 0 Å². The fraction of sp³-hybridized carbons (Fsp3) is 0.118. The Morgan fingerprint density at radius 2 is 2.17 bits per heavy atom. The molecule has 0 aliphatic carbocycles. The molecule has 0 radical (unpaired) electrons. The minimum absolute atomic E-state index is 0.334. The Morgan fingerprint density at radius 3 is 3.00 bits per heavy atom. The first-order chi connectivity index (χ1) is 11.1. The van der Waals surface area contributed by atoms with Crippen molar-refractivity contribution in [3.05, 3.63) is 47.0 Å². The van der Waals surface area contributed by atoms with Gasteiger partial charge in [0.2, 0.25) is 0 Å². The molecule has 1 aliphatic rings. The molecular formula is C17H12ClNO3S. The molecule has 0 unspecified atom stereocenters. The number of aliphatic carboxylic acids is 1. The van der Waals surface area contributed by atoms with E-state index < -0.39 is 5.97 Å². The van der Waals surface area contributed by atoms with Gasteiger partial charge in [0, 0.05) is 32.1 Å². The number of fused-ring (bicyclic) bond motifs is 5. The summed E-state index contributed by atoms with van der Waals surface area (Å²) in [6.45, 7) is -0.334. The van der Waals surface area contributed by atoms with Gasteiger partial charge in [-0.05, 0) is 42.0 Å². The zero-order valence-corrected chi connectivity index (χ0v) is 13.5. The number of benzene rings is 2. The molecule has 2 aromatic carbocycles. The lowest BCUT2D eigenvalue weighted by Gasteiger charge is -2.17. The van der Waals surface area contributed by atoms with Crippen LogP contribution in [-0.4, -0.2) is 22.7 Å². The Hall–Kier alpha value is -2.11. The predicted molar refractivity (Wildman–Crippen MR) is 91.4 cm³/mol. The first kappa shape index (κ1) is 14.5. The highest BCUT2D eigenvalue weighted by molar-refractivity contribution is 7.98. The molecule has 2 heterocycles. The summed E-state index contributed by atoms with van der Waals surface area (Å²) < 4.78 is 5.26. The zero-order valence-electron chi connectivity index (χ0n) is 11.9. The number of carboxylic acid groups (broad SMARTS) is 1. The number of aromatic amines is 1. The highest BCUT2D eigenvalue weighted by Gasteiger charge is 2.21. The molecule has 3 aromatic rings. The number of rotatable bonds is 3. The lowest BCUT2D eigenvalue weighted by atomic mass is 10.1. The summed E-state index contributed by atoms with van der Waals surface area (Å²) in [7, 11) is 0. The van der Waals surface area contributed by atoms with Gasteiger partial charge in [0.15, 0.2) is 6.61 Å². The number of nitrogens with one attached hydrogen (secondary N) is 1. The first-order valence-corrected chi connectivity index (χ1v) is 8.40. The van der Waals surface area contributed by atoms with Gasteiger partial charge < -0.3 is 14.8 Å². The number of hydrogen-bond acceptors (Lipinski definition) is 3. The van der Waals surface area contributed by atoms with E-state index in [-0.39, 0.29) is 6.61 Å². The first-order valence-electron chi connectivity index (χ1n) is 7.04. The number of halogens is 1. The van der Waals surface area contributed by atoms with Crippen molar-refractivity contribution in [2.24, 2.45) is 0 Å². The second-order valence-electron chi connectivity index (χ2n) is 5.30. The van der Waals surface area contributed by atoms with Crippen molar-refractivity contribution in [1.82, 2.24) is 4.98 Å². The molecule has 4 nitrogen and oxygen atoms in total. The number of aromatic nitrogens is 1. The third-order valence-electron chi connectivity index (χ3n) is 3.82. The van der Waals surface area contributed by atoms with Gasteiger partial charge >= 0.3 is 5.97 Å². The van der Waals surface area contributed by atoms with Gasteiger partial charge in [0.05, 0.1) is 5.69 Å². The van der Waals surface area contributed by atoms with Crippen LogP contribution in [0.15, 0.2) is 41.3 Å². The molecule has 0 bridgehead atoms. The third kappa shape index (κ3) is 2.56. The number of ether oxygens (including phenoxy) is 1. The zero-order chi connectivity index (χ0) is 16.0. The Bertz CT molecular complexity index is 935. The summed E-state index contributed by atoms with van der Waals surface area (Å²) in [4.78, 5) is 15.1. The van der Waals surface area contributed by atoms with Gasteiger partial charge in [-0.2, -0.15) is 0 Å². The van der Waals surface area contributed by atoms with Crippen LogP contribution in [0.2, 0.25) is 5.02 Å². The molecule has 1 aromatic heterocycles. The van der Waals surface area contributed by atoms with Crippen LogP contribution in [0.5, 0.6) is 5.75 Å². The van der Waals surface area contributed by atoms with E-state index in [0.29, 0.717) is 5.75 Å². The molecule has 2 N–H and O–H groups in total. The molecule has 6 heteroatoms. The summed E-state index contributed by atoms with van der Waals surface area (Å²) in [5, 5.41) is 10.6. The maximum absolute atomic E-state index is 10.6. The predicted octanol–water partition coefficient (Wildman–Crippen LogP) is 4.56. The van der Waals surface area contributed by atoms with E-state index in [0.717, 1.165) is 37.8 Å². The molecule has 0 fully saturated rings. The number of hydrogen-bond donors (Lipinski definition) is 2. The molecule has 0 atom stereocenters. The van der Waals surface area contributed by atoms with Crippen molar-refractivity contribution in [2.75, 3.05) is 6.61 Å². The molecule has 0 saturated heterocycles. The summed E-state index contributed by atoms with van der Waals surface area (Å²) in [5.41, 5.74) is 4.52. The fourth-order valence-corrected chi connectivity index (χ4v) is 4.11. The quantitative estimate of drug-likeness (QED) is 0.730. The van der Waals surface area contributed by atoms with Gasteiger partial charge in [-0.1, -0.05) is 11.6 Å². The van der Waals surface area contributed by atoms with Crippen molar-refractivity contribution in [3.63, 3.8) is 0 Å². The van der Waals surface area contributed by atoms with Crippen molar-refractivity contribution in [3.8, 4) is 17.0 Å². The number of thioether (sulfide) groups is 1. The largest absolute Gasteiger partial charge is 0.482 e. The second-order valence-corrected chi connectivity index (χ2v) is 6.75. The molecule has 1 aliphatic heterocycles. The van der Waals surface area contributed by atoms with Crippen LogP contribution >= 0.6 is 23.4 Å². The van der Waals surface area contributed by atoms with Crippen LogP contribution in [0, 0.1) is 0 Å². The normalized spacial score (nSPS) is 12.7. The summed E-state index contributed by atoms with van der Waals surface area (Å²) >= 11 is 7.83. The van der Waals surface area contributed by atoms with E-state index in [9.17, 15) is 4.79 Å². The minimum atomic E-state index is -0.981. The van der Waals surface area contributed by atoms with E-state index in [4.69, 9.17) is 21.4 Å². The van der Waals surface area contributed by atoms with Crippen LogP contribution in [0.1, 0.15) is 5.56 Å². The average molecular weight is 346 g/mol. The summed E-state index contributed by atoms with van der Waals surface area (Å²) in [6, 6.07) is 11.5. The molecule has 0 spiro atoms. The van der Waals surface area contributed by atoms with Crippen LogP contribution in [0.4, 0.5) is 0 Å². The molecule has 0 amide bonds. The molecular weight excluding hydrogens is 334 g/mol. The van der Waals surface area contributed by atoms with Crippen molar-refractivity contribution in [1.29, 1.82) is 0 Å². The smallest absolute Gasteiger partial charge is 0.341 e. The summed E-state index contributed by atoms with van der Waals surface area (Å²) in [6.07, 6.45) is 0. The highest BCUT2D eigenvalue weighted by Crippen LogP contribution is 2.45. The van der Waals surface area contributed by atoms with Gasteiger partial charge in [0.1, 0.15) is 5.75 Å². The summed E-state index contributed by atoms with van der Waals surface area (Å²) in [5.74, 6) is 0.428. The van der Waals surface area contributed by atoms with Gasteiger partial charge in [0.25, 0.3) is 0 Å². The third-order valence-corrected chi connectivity index (χ3v) is 5.14. The topological polar surface area (TPSA) is 62.3 Å². The maximum Gasteiger partial charge on any atom is 0.341 e. The van der Waals surface area contributed by atoms with Crippen molar-refractivity contribution >= 4 is 40.2 Å². The van der Waals surface area contributed by atoms with Crippen LogP contribution in [-0.2, 0) is 10.5 Å². The minimum Gasteiger partial charge on any atom is -0.482 e. The number of carboxylic acids is 1. The van der Waals surface area contributed by atoms with Gasteiger partial charge in [-0.25, -0.2) is 4.79 Å². The van der Waals surface area contributed by atoms with Gasteiger partial charge in [-0.3, -0.25) is 0 Å². The monoisotopic (exact) mass is 345 g/mol. The number of carbonyl (C=O) groups is 1. The second kappa shape index (κ2) is 5.51. The van der Waals surface area contributed by atoms with Crippen LogP contribution in [0.3, 0.4) is 0 Å². The lowest BCUT2D eigenvalue weighted by Crippen LogP contribution is -2.09.